The first-order valence-electron chi connectivity index (χ1n) is 6.64. The molecule has 3 rings (SSSR count). The van der Waals surface area contributed by atoms with Gasteiger partial charge in [0.1, 0.15) is 19.0 Å². The van der Waals surface area contributed by atoms with Crippen molar-refractivity contribution in [3.63, 3.8) is 0 Å². The Labute approximate surface area is 127 Å². The topological polar surface area (TPSA) is 64.6 Å². The number of anilines is 1. The first-order valence-corrected chi connectivity index (χ1v) is 8.13. The van der Waals surface area contributed by atoms with Crippen molar-refractivity contribution >= 4 is 15.7 Å². The van der Waals surface area contributed by atoms with Crippen LogP contribution in [-0.2, 0) is 10.0 Å². The van der Waals surface area contributed by atoms with E-state index in [2.05, 4.69) is 4.72 Å². The first kappa shape index (κ1) is 14.6. The first-order chi connectivity index (χ1) is 10.5. The highest BCUT2D eigenvalue weighted by molar-refractivity contribution is 7.92. The standard InChI is InChI=1S/C15H14FNO4S/c1-10-8-11(2-4-13(10)16)17-22(18,19)12-3-5-14-15(9-12)21-7-6-20-14/h2-5,8-9,17H,6-7H2,1H3. The molecule has 1 aliphatic rings. The number of ether oxygens (including phenoxy) is 2. The van der Waals surface area contributed by atoms with Crippen molar-refractivity contribution < 1.29 is 22.3 Å². The van der Waals surface area contributed by atoms with Crippen LogP contribution in [0.25, 0.3) is 0 Å². The highest BCUT2D eigenvalue weighted by Crippen LogP contribution is 2.32. The fourth-order valence-corrected chi connectivity index (χ4v) is 3.18. The molecule has 0 fully saturated rings. The number of rotatable bonds is 3. The third-order valence-corrected chi connectivity index (χ3v) is 4.61. The summed E-state index contributed by atoms with van der Waals surface area (Å²) in [7, 11) is -3.78. The maximum absolute atomic E-state index is 13.2. The van der Waals surface area contributed by atoms with Crippen LogP contribution in [0.4, 0.5) is 10.1 Å². The minimum atomic E-state index is -3.78. The molecule has 0 spiro atoms. The molecule has 0 aliphatic carbocycles. The number of halogens is 1. The Morgan fingerprint density at radius 3 is 2.50 bits per heavy atom. The summed E-state index contributed by atoms with van der Waals surface area (Å²) in [5.41, 5.74) is 0.663. The molecule has 0 bridgehead atoms. The van der Waals surface area contributed by atoms with Gasteiger partial charge in [0.15, 0.2) is 11.5 Å². The minimum Gasteiger partial charge on any atom is -0.486 e. The third kappa shape index (κ3) is 2.85. The summed E-state index contributed by atoms with van der Waals surface area (Å²) in [6.45, 7) is 2.38. The molecule has 5 nitrogen and oxygen atoms in total. The summed E-state index contributed by atoms with van der Waals surface area (Å²) in [6, 6.07) is 8.43. The monoisotopic (exact) mass is 323 g/mol. The molecule has 22 heavy (non-hydrogen) atoms. The average Bonchev–Trinajstić information content (AvgIpc) is 2.50. The van der Waals surface area contributed by atoms with Crippen LogP contribution in [0.5, 0.6) is 11.5 Å². The number of hydrogen-bond donors (Lipinski definition) is 1. The number of hydrogen-bond acceptors (Lipinski definition) is 4. The highest BCUT2D eigenvalue weighted by atomic mass is 32.2. The summed E-state index contributed by atoms with van der Waals surface area (Å²) in [5.74, 6) is 0.523. The molecular weight excluding hydrogens is 309 g/mol. The maximum atomic E-state index is 13.2. The Hall–Kier alpha value is -2.28. The van der Waals surface area contributed by atoms with Gasteiger partial charge < -0.3 is 9.47 Å². The van der Waals surface area contributed by atoms with Gasteiger partial charge in [-0.1, -0.05) is 0 Å². The smallest absolute Gasteiger partial charge is 0.262 e. The lowest BCUT2D eigenvalue weighted by Gasteiger charge is -2.19. The molecule has 0 amide bonds. The number of sulfonamides is 1. The lowest BCUT2D eigenvalue weighted by molar-refractivity contribution is 0.171. The van der Waals surface area contributed by atoms with E-state index in [1.54, 1.807) is 13.0 Å². The van der Waals surface area contributed by atoms with Crippen LogP contribution in [0, 0.1) is 12.7 Å². The molecule has 7 heteroatoms. The predicted molar refractivity (Wildman–Crippen MR) is 79.4 cm³/mol. The zero-order valence-corrected chi connectivity index (χ0v) is 12.6. The van der Waals surface area contributed by atoms with E-state index in [9.17, 15) is 12.8 Å². The normalized spacial score (nSPS) is 13.7. The lowest BCUT2D eigenvalue weighted by atomic mass is 10.2. The van der Waals surface area contributed by atoms with Gasteiger partial charge in [-0.3, -0.25) is 4.72 Å². The zero-order chi connectivity index (χ0) is 15.7. The van der Waals surface area contributed by atoms with Crippen LogP contribution in [0.3, 0.4) is 0 Å². The second-order valence-electron chi connectivity index (χ2n) is 4.87. The van der Waals surface area contributed by atoms with Crippen molar-refractivity contribution in [3.05, 3.63) is 47.8 Å². The molecule has 0 atom stereocenters. The predicted octanol–water partition coefficient (Wildman–Crippen LogP) is 2.71. The molecule has 1 aliphatic heterocycles. The van der Waals surface area contributed by atoms with Crippen LogP contribution in [0.2, 0.25) is 0 Å². The summed E-state index contributed by atoms with van der Waals surface area (Å²) >= 11 is 0. The van der Waals surface area contributed by atoms with Gasteiger partial charge in [-0.25, -0.2) is 12.8 Å². The van der Waals surface area contributed by atoms with Gasteiger partial charge in [-0.05, 0) is 42.8 Å². The number of nitrogens with one attached hydrogen (secondary N) is 1. The highest BCUT2D eigenvalue weighted by Gasteiger charge is 2.19. The van der Waals surface area contributed by atoms with Crippen LogP contribution in [-0.4, -0.2) is 21.6 Å². The Bertz CT molecular complexity index is 820. The maximum Gasteiger partial charge on any atom is 0.262 e. The SMILES string of the molecule is Cc1cc(NS(=O)(=O)c2ccc3c(c2)OCCO3)ccc1F. The van der Waals surface area contributed by atoms with Gasteiger partial charge in [0.2, 0.25) is 0 Å². The van der Waals surface area contributed by atoms with Crippen LogP contribution in [0.15, 0.2) is 41.3 Å². The molecule has 116 valence electrons. The minimum absolute atomic E-state index is 0.0544. The summed E-state index contributed by atoms with van der Waals surface area (Å²) in [5, 5.41) is 0. The number of fused-ring (bicyclic) bond motifs is 1. The van der Waals surface area contributed by atoms with E-state index >= 15 is 0 Å². The van der Waals surface area contributed by atoms with E-state index < -0.39 is 10.0 Å². The third-order valence-electron chi connectivity index (χ3n) is 3.23. The van der Waals surface area contributed by atoms with Gasteiger partial charge in [0.05, 0.1) is 4.90 Å². The van der Waals surface area contributed by atoms with Gasteiger partial charge in [0, 0.05) is 11.8 Å². The molecule has 0 radical (unpaired) electrons. The second-order valence-corrected chi connectivity index (χ2v) is 6.56. The second kappa shape index (κ2) is 5.49. The van der Waals surface area contributed by atoms with Crippen molar-refractivity contribution in [3.8, 4) is 11.5 Å². The summed E-state index contributed by atoms with van der Waals surface area (Å²) in [4.78, 5) is 0.0544. The molecule has 0 aromatic heterocycles. The fourth-order valence-electron chi connectivity index (χ4n) is 2.11. The molecule has 0 saturated heterocycles. The Kier molecular flexibility index (Phi) is 3.66. The summed E-state index contributed by atoms with van der Waals surface area (Å²) < 4.78 is 51.2. The van der Waals surface area contributed by atoms with E-state index in [1.165, 1.54) is 30.3 Å². The lowest BCUT2D eigenvalue weighted by Crippen LogP contribution is -2.17. The van der Waals surface area contributed by atoms with Crippen molar-refractivity contribution in [2.24, 2.45) is 0 Å². The van der Waals surface area contributed by atoms with E-state index in [-0.39, 0.29) is 10.7 Å². The summed E-state index contributed by atoms with van der Waals surface area (Å²) in [6.07, 6.45) is 0. The number of aryl methyl sites for hydroxylation is 1. The van der Waals surface area contributed by atoms with Crippen molar-refractivity contribution in [1.82, 2.24) is 0 Å². The fraction of sp³-hybridized carbons (Fsp3) is 0.200. The van der Waals surface area contributed by atoms with E-state index in [0.717, 1.165) is 0 Å². The molecule has 0 unspecified atom stereocenters. The molecule has 1 heterocycles. The Morgan fingerprint density at radius 2 is 1.77 bits per heavy atom. The van der Waals surface area contributed by atoms with Crippen LogP contribution in [0.1, 0.15) is 5.56 Å². The van der Waals surface area contributed by atoms with Crippen molar-refractivity contribution in [2.45, 2.75) is 11.8 Å². The van der Waals surface area contributed by atoms with Crippen LogP contribution < -0.4 is 14.2 Å². The number of benzene rings is 2. The average molecular weight is 323 g/mol. The van der Waals surface area contributed by atoms with Crippen molar-refractivity contribution in [2.75, 3.05) is 17.9 Å². The van der Waals surface area contributed by atoms with E-state index in [4.69, 9.17) is 9.47 Å². The van der Waals surface area contributed by atoms with Gasteiger partial charge in [0.25, 0.3) is 10.0 Å². The molecule has 1 N–H and O–H groups in total. The Balaban J connectivity index is 1.90. The molecule has 2 aromatic carbocycles. The molecular formula is C15H14FNO4S. The quantitative estimate of drug-likeness (QED) is 0.943. The van der Waals surface area contributed by atoms with Crippen molar-refractivity contribution in [1.29, 1.82) is 0 Å². The van der Waals surface area contributed by atoms with Gasteiger partial charge in [-0.15, -0.1) is 0 Å². The van der Waals surface area contributed by atoms with Gasteiger partial charge >= 0.3 is 0 Å². The Morgan fingerprint density at radius 1 is 1.05 bits per heavy atom. The van der Waals surface area contributed by atoms with E-state index in [1.807, 2.05) is 0 Å². The van der Waals surface area contributed by atoms with Gasteiger partial charge in [-0.2, -0.15) is 0 Å². The molecule has 0 saturated carbocycles. The molecule has 2 aromatic rings. The zero-order valence-electron chi connectivity index (χ0n) is 11.8. The van der Waals surface area contributed by atoms with E-state index in [0.29, 0.717) is 36.0 Å². The largest absolute Gasteiger partial charge is 0.486 e. The van der Waals surface area contributed by atoms with Crippen LogP contribution >= 0.6 is 0 Å².